The molecule has 1 aliphatic heterocycles. The van der Waals surface area contributed by atoms with Gasteiger partial charge in [0.1, 0.15) is 0 Å². The Balaban J connectivity index is 1.33. The fourth-order valence-electron chi connectivity index (χ4n) is 3.88. The Hall–Kier alpha value is -3.23. The molecule has 2 aromatic heterocycles. The van der Waals surface area contributed by atoms with Crippen molar-refractivity contribution < 1.29 is 4.79 Å². The molecule has 31 heavy (non-hydrogen) atoms. The molecule has 3 heterocycles. The molecule has 1 amide bonds. The van der Waals surface area contributed by atoms with Crippen LogP contribution in [-0.2, 0) is 20.0 Å². The highest BCUT2D eigenvalue weighted by Gasteiger charge is 2.17. The Kier molecular flexibility index (Phi) is 4.95. The van der Waals surface area contributed by atoms with Crippen LogP contribution in [0.5, 0.6) is 0 Å². The number of aromatic nitrogens is 2. The molecule has 8 heteroatoms. The molecule has 4 aromatic rings. The molecule has 0 spiro atoms. The van der Waals surface area contributed by atoms with Gasteiger partial charge in [0.2, 0.25) is 0 Å². The molecule has 0 atom stereocenters. The third kappa shape index (κ3) is 3.68. The van der Waals surface area contributed by atoms with Crippen LogP contribution < -0.4 is 15.8 Å². The molecule has 156 valence electrons. The Morgan fingerprint density at radius 3 is 2.77 bits per heavy atom. The minimum atomic E-state index is -0.240. The maximum Gasteiger partial charge on any atom is 0.261 e. The van der Waals surface area contributed by atoms with E-state index in [1.807, 2.05) is 35.6 Å². The van der Waals surface area contributed by atoms with E-state index in [1.54, 1.807) is 25.2 Å². The summed E-state index contributed by atoms with van der Waals surface area (Å²) in [6.45, 7) is 1.92. The number of hydrogen-bond acceptors (Lipinski definition) is 5. The number of thiophene rings is 1. The van der Waals surface area contributed by atoms with E-state index >= 15 is 0 Å². The van der Waals surface area contributed by atoms with Crippen molar-refractivity contribution in [3.05, 3.63) is 85.0 Å². The third-order valence-electron chi connectivity index (χ3n) is 5.66. The lowest BCUT2D eigenvalue weighted by Gasteiger charge is -2.29. The predicted octanol–water partition coefficient (Wildman–Crippen LogP) is 4.47. The van der Waals surface area contributed by atoms with Crippen LogP contribution in [-0.4, -0.2) is 22.0 Å². The fraction of sp³-hybridized carbons (Fsp3) is 0.174. The lowest BCUT2D eigenvalue weighted by Crippen LogP contribution is -2.29. The van der Waals surface area contributed by atoms with Gasteiger partial charge in [0.15, 0.2) is 4.77 Å². The van der Waals surface area contributed by atoms with Crippen LogP contribution in [0.2, 0.25) is 0 Å². The Morgan fingerprint density at radius 1 is 1.16 bits per heavy atom. The fourth-order valence-corrected chi connectivity index (χ4v) is 4.96. The molecule has 0 aliphatic carbocycles. The molecule has 2 aromatic carbocycles. The second-order valence-electron chi connectivity index (χ2n) is 7.60. The summed E-state index contributed by atoms with van der Waals surface area (Å²) < 4.78 is 1.69. The van der Waals surface area contributed by atoms with Crippen LogP contribution in [0.25, 0.3) is 10.9 Å². The molecule has 0 bridgehead atoms. The van der Waals surface area contributed by atoms with Crippen molar-refractivity contribution in [2.45, 2.75) is 13.0 Å². The van der Waals surface area contributed by atoms with E-state index in [0.29, 0.717) is 21.2 Å². The van der Waals surface area contributed by atoms with Crippen LogP contribution in [0.3, 0.4) is 0 Å². The smallest absolute Gasteiger partial charge is 0.261 e. The number of hydrogen-bond donors (Lipinski definition) is 2. The van der Waals surface area contributed by atoms with Gasteiger partial charge in [0, 0.05) is 42.0 Å². The first kappa shape index (κ1) is 19.7. The van der Waals surface area contributed by atoms with Gasteiger partial charge in [-0.05, 0) is 78.1 Å². The highest BCUT2D eigenvalue weighted by Crippen LogP contribution is 2.28. The molecule has 2 N–H and O–H groups in total. The van der Waals surface area contributed by atoms with Crippen LogP contribution in [0.4, 0.5) is 11.4 Å². The summed E-state index contributed by atoms with van der Waals surface area (Å²) in [5.74, 6) is -0.240. The van der Waals surface area contributed by atoms with Crippen LogP contribution in [0, 0.1) is 4.77 Å². The van der Waals surface area contributed by atoms with E-state index in [4.69, 9.17) is 12.2 Å². The number of rotatable bonds is 3. The van der Waals surface area contributed by atoms with Crippen LogP contribution in [0.1, 0.15) is 20.8 Å². The highest BCUT2D eigenvalue weighted by atomic mass is 32.1. The number of amides is 1. The summed E-state index contributed by atoms with van der Waals surface area (Å²) in [6.07, 6.45) is 1.07. The molecule has 0 saturated heterocycles. The van der Waals surface area contributed by atoms with E-state index < -0.39 is 0 Å². The zero-order valence-electron chi connectivity index (χ0n) is 16.8. The summed E-state index contributed by atoms with van der Waals surface area (Å²) >= 11 is 7.00. The number of H-pyrrole nitrogens is 1. The molecular weight excluding hydrogens is 428 g/mol. The maximum atomic E-state index is 12.7. The van der Waals surface area contributed by atoms with Crippen molar-refractivity contribution in [3.63, 3.8) is 0 Å². The first-order valence-electron chi connectivity index (χ1n) is 9.94. The molecular formula is C23H20N4O2S2. The number of fused-ring (bicyclic) bond motifs is 2. The van der Waals surface area contributed by atoms with Gasteiger partial charge >= 0.3 is 0 Å². The molecule has 1 aliphatic rings. The van der Waals surface area contributed by atoms with E-state index in [9.17, 15) is 9.59 Å². The predicted molar refractivity (Wildman–Crippen MR) is 128 cm³/mol. The topological polar surface area (TPSA) is 70.1 Å². The quantitative estimate of drug-likeness (QED) is 0.454. The number of carbonyl (C=O) groups is 1. The van der Waals surface area contributed by atoms with Gasteiger partial charge in [-0.1, -0.05) is 0 Å². The minimum Gasteiger partial charge on any atom is -0.367 e. The summed E-state index contributed by atoms with van der Waals surface area (Å²) in [7, 11) is 1.62. The molecule has 0 saturated carbocycles. The van der Waals surface area contributed by atoms with E-state index in [0.717, 1.165) is 30.9 Å². The maximum absolute atomic E-state index is 12.7. The van der Waals surface area contributed by atoms with Gasteiger partial charge < -0.3 is 15.2 Å². The second-order valence-corrected chi connectivity index (χ2v) is 8.98. The monoisotopic (exact) mass is 448 g/mol. The van der Waals surface area contributed by atoms with Crippen LogP contribution in [0.15, 0.2) is 58.7 Å². The largest absolute Gasteiger partial charge is 0.367 e. The van der Waals surface area contributed by atoms with Gasteiger partial charge in [-0.3, -0.25) is 14.2 Å². The normalized spacial score (nSPS) is 13.3. The minimum absolute atomic E-state index is 0.186. The number of benzene rings is 2. The van der Waals surface area contributed by atoms with Gasteiger partial charge in [-0.15, -0.1) is 11.3 Å². The first-order chi connectivity index (χ1) is 15.0. The number of carbonyl (C=O) groups excluding carboxylic acids is 1. The van der Waals surface area contributed by atoms with Crippen molar-refractivity contribution >= 4 is 51.7 Å². The molecule has 0 radical (unpaired) electrons. The Bertz CT molecular complexity index is 1420. The number of anilines is 2. The SMILES string of the molecule is Cn1c(=S)[nH]c2cc(C(=O)Nc3ccc(N4CCc5sccc5C4)cc3)ccc2c1=O. The Labute approximate surface area is 187 Å². The van der Waals surface area contributed by atoms with Crippen molar-refractivity contribution in [2.75, 3.05) is 16.8 Å². The van der Waals surface area contributed by atoms with Crippen molar-refractivity contribution in [3.8, 4) is 0 Å². The number of aromatic amines is 1. The number of nitrogens with zero attached hydrogens (tertiary/aromatic N) is 2. The summed E-state index contributed by atoms with van der Waals surface area (Å²) in [6, 6.07) is 15.1. The van der Waals surface area contributed by atoms with Gasteiger partial charge in [0.05, 0.1) is 10.9 Å². The standard InChI is InChI=1S/C23H20N4O2S2/c1-26-22(29)18-7-2-14(12-19(18)25-23(26)30)21(28)24-16-3-5-17(6-4-16)27-10-8-20-15(13-27)9-11-31-20/h2-7,9,11-12H,8,10,13H2,1H3,(H,24,28)(H,25,30). The number of nitrogens with one attached hydrogen (secondary N) is 2. The van der Waals surface area contributed by atoms with Gasteiger partial charge in [0.25, 0.3) is 11.5 Å². The second kappa shape index (κ2) is 7.79. The van der Waals surface area contributed by atoms with E-state index in [2.05, 4.69) is 26.6 Å². The zero-order valence-corrected chi connectivity index (χ0v) is 18.5. The van der Waals surface area contributed by atoms with E-state index in [1.165, 1.54) is 15.0 Å². The molecule has 0 unspecified atom stereocenters. The van der Waals surface area contributed by atoms with Crippen molar-refractivity contribution in [2.24, 2.45) is 7.05 Å². The lowest BCUT2D eigenvalue weighted by molar-refractivity contribution is 0.102. The van der Waals surface area contributed by atoms with Gasteiger partial charge in [-0.2, -0.15) is 0 Å². The molecule has 6 nitrogen and oxygen atoms in total. The van der Waals surface area contributed by atoms with Crippen molar-refractivity contribution in [1.29, 1.82) is 0 Å². The highest BCUT2D eigenvalue weighted by molar-refractivity contribution is 7.71. The summed E-state index contributed by atoms with van der Waals surface area (Å²) in [5, 5.41) is 5.58. The molecule has 0 fully saturated rings. The summed E-state index contributed by atoms with van der Waals surface area (Å²) in [5.41, 5.74) is 4.08. The Morgan fingerprint density at radius 2 is 1.97 bits per heavy atom. The van der Waals surface area contributed by atoms with Crippen LogP contribution >= 0.6 is 23.6 Å². The van der Waals surface area contributed by atoms with Crippen molar-refractivity contribution in [1.82, 2.24) is 9.55 Å². The van der Waals surface area contributed by atoms with Gasteiger partial charge in [-0.25, -0.2) is 0 Å². The average Bonchev–Trinajstić information content (AvgIpc) is 3.25. The van der Waals surface area contributed by atoms with E-state index in [-0.39, 0.29) is 11.5 Å². The summed E-state index contributed by atoms with van der Waals surface area (Å²) in [4.78, 5) is 31.9. The average molecular weight is 449 g/mol. The lowest BCUT2D eigenvalue weighted by atomic mass is 10.1. The third-order valence-corrected chi connectivity index (χ3v) is 7.06. The first-order valence-corrected chi connectivity index (χ1v) is 11.2. The zero-order chi connectivity index (χ0) is 21.5. The molecule has 5 rings (SSSR count).